The van der Waals surface area contributed by atoms with Crippen LogP contribution in [0.4, 0.5) is 0 Å². The Labute approximate surface area is 270 Å². The third-order valence-electron chi connectivity index (χ3n) is 15.9. The molecule has 8 nitrogen and oxygen atoms in total. The zero-order chi connectivity index (χ0) is 33.1. The van der Waals surface area contributed by atoms with Gasteiger partial charge in [0.05, 0.1) is 29.8 Å². The van der Waals surface area contributed by atoms with Crippen LogP contribution >= 0.6 is 0 Å². The van der Waals surface area contributed by atoms with Gasteiger partial charge in [0.2, 0.25) is 6.29 Å². The van der Waals surface area contributed by atoms with E-state index in [9.17, 15) is 30.3 Å². The van der Waals surface area contributed by atoms with Crippen LogP contribution in [-0.4, -0.2) is 74.4 Å². The molecule has 0 bridgehead atoms. The quantitative estimate of drug-likeness (QED) is 0.222. The molecule has 6 aliphatic rings. The molecule has 15 atom stereocenters. The van der Waals surface area contributed by atoms with Crippen LogP contribution in [0.3, 0.4) is 0 Å². The van der Waals surface area contributed by atoms with Gasteiger partial charge < -0.3 is 35.0 Å². The Hall–Kier alpha value is -1.03. The number of hydrogen-bond donors (Lipinski definition) is 5. The Balaban J connectivity index is 1.39. The summed E-state index contributed by atoms with van der Waals surface area (Å²) in [6.07, 6.45) is 5.03. The van der Waals surface area contributed by atoms with Crippen molar-refractivity contribution in [3.8, 4) is 0 Å². The Morgan fingerprint density at radius 3 is 2.27 bits per heavy atom. The van der Waals surface area contributed by atoms with Crippen molar-refractivity contribution in [2.75, 3.05) is 6.61 Å². The Kier molecular flexibility index (Phi) is 8.08. The number of ether oxygens (including phenoxy) is 2. The Morgan fingerprint density at radius 2 is 1.60 bits per heavy atom. The lowest BCUT2D eigenvalue weighted by atomic mass is 9.33. The van der Waals surface area contributed by atoms with E-state index < -0.39 is 60.0 Å². The van der Waals surface area contributed by atoms with Gasteiger partial charge in [-0.25, -0.2) is 0 Å². The van der Waals surface area contributed by atoms with Crippen molar-refractivity contribution in [1.82, 2.24) is 0 Å². The number of allylic oxidation sites excluding steroid dienone is 1. The summed E-state index contributed by atoms with van der Waals surface area (Å²) in [6.45, 7) is 17.1. The maximum Gasteiger partial charge on any atom is 0.315 e. The van der Waals surface area contributed by atoms with E-state index in [2.05, 4.69) is 47.6 Å². The molecule has 5 fully saturated rings. The van der Waals surface area contributed by atoms with E-state index in [1.165, 1.54) is 5.57 Å². The van der Waals surface area contributed by atoms with E-state index in [1.54, 1.807) is 6.92 Å². The minimum absolute atomic E-state index is 0.0171. The Bertz CT molecular complexity index is 1210. The fraction of sp³-hybridized carbons (Fsp3) is 0.919. The molecule has 1 saturated heterocycles. The minimum atomic E-state index is -1.30. The molecule has 256 valence electrons. The topological polar surface area (TPSA) is 137 Å². The largest absolute Gasteiger partial charge is 0.432 e. The molecule has 4 saturated carbocycles. The first kappa shape index (κ1) is 33.9. The summed E-state index contributed by atoms with van der Waals surface area (Å²) in [5, 5.41) is 54.7. The zero-order valence-corrected chi connectivity index (χ0v) is 28.9. The smallest absolute Gasteiger partial charge is 0.315 e. The van der Waals surface area contributed by atoms with Crippen molar-refractivity contribution >= 4 is 5.97 Å². The van der Waals surface area contributed by atoms with Gasteiger partial charge in [-0.1, -0.05) is 60.1 Å². The fourth-order valence-electron chi connectivity index (χ4n) is 12.4. The number of aliphatic hydroxyl groups excluding tert-OH is 4. The van der Waals surface area contributed by atoms with Crippen LogP contribution in [-0.2, 0) is 14.3 Å². The van der Waals surface area contributed by atoms with Gasteiger partial charge in [-0.3, -0.25) is 4.79 Å². The van der Waals surface area contributed by atoms with E-state index >= 15 is 0 Å². The van der Waals surface area contributed by atoms with Crippen LogP contribution in [0.15, 0.2) is 11.6 Å². The lowest BCUT2D eigenvalue weighted by Crippen LogP contribution is -2.68. The summed E-state index contributed by atoms with van der Waals surface area (Å²) in [5.74, 6) is -0.693. The monoisotopic (exact) mass is 632 g/mol. The number of esters is 1. The number of rotatable bonds is 3. The SMILES string of the molecule is CC1C(O)C(CO)OC(OC(=O)C23CCC(C)C(C)(O)C2C2=CCC4C5(C)CCC(O)C(C)(C)C5CCC4(C)C2(C)CC3)C1O. The van der Waals surface area contributed by atoms with Gasteiger partial charge in [0, 0.05) is 11.8 Å². The summed E-state index contributed by atoms with van der Waals surface area (Å²) in [4.78, 5) is 14.5. The van der Waals surface area contributed by atoms with Crippen LogP contribution in [0.25, 0.3) is 0 Å². The molecule has 15 unspecified atom stereocenters. The summed E-state index contributed by atoms with van der Waals surface area (Å²) in [6, 6.07) is 0. The second-order valence-corrected chi connectivity index (χ2v) is 17.9. The molecule has 5 N–H and O–H groups in total. The number of fused-ring (bicyclic) bond motifs is 7. The molecule has 0 aromatic heterocycles. The summed E-state index contributed by atoms with van der Waals surface area (Å²) in [7, 11) is 0. The number of hydrogen-bond acceptors (Lipinski definition) is 8. The van der Waals surface area contributed by atoms with Crippen LogP contribution in [0.5, 0.6) is 0 Å². The summed E-state index contributed by atoms with van der Waals surface area (Å²) in [5.41, 5.74) is -1.22. The first-order chi connectivity index (χ1) is 20.8. The highest BCUT2D eigenvalue weighted by molar-refractivity contribution is 5.79. The summed E-state index contributed by atoms with van der Waals surface area (Å²) < 4.78 is 11.8. The van der Waals surface area contributed by atoms with Crippen LogP contribution < -0.4 is 0 Å². The predicted octanol–water partition coefficient (Wildman–Crippen LogP) is 4.74. The molecule has 6 rings (SSSR count). The van der Waals surface area contributed by atoms with Crippen molar-refractivity contribution < 1.29 is 39.8 Å². The zero-order valence-electron chi connectivity index (χ0n) is 28.9. The van der Waals surface area contributed by atoms with E-state index in [0.717, 1.165) is 38.5 Å². The molecule has 5 aliphatic carbocycles. The van der Waals surface area contributed by atoms with Gasteiger partial charge in [-0.2, -0.15) is 0 Å². The molecule has 8 heteroatoms. The van der Waals surface area contributed by atoms with Gasteiger partial charge in [0.25, 0.3) is 0 Å². The van der Waals surface area contributed by atoms with Gasteiger partial charge >= 0.3 is 5.97 Å². The van der Waals surface area contributed by atoms with Crippen LogP contribution in [0.1, 0.15) is 113 Å². The lowest BCUT2D eigenvalue weighted by molar-refractivity contribution is -0.287. The van der Waals surface area contributed by atoms with E-state index in [4.69, 9.17) is 9.47 Å². The molecule has 0 spiro atoms. The van der Waals surface area contributed by atoms with E-state index in [0.29, 0.717) is 31.1 Å². The van der Waals surface area contributed by atoms with Gasteiger partial charge in [-0.15, -0.1) is 0 Å². The summed E-state index contributed by atoms with van der Waals surface area (Å²) >= 11 is 0. The molecule has 0 aromatic carbocycles. The maximum atomic E-state index is 14.5. The van der Waals surface area contributed by atoms with Crippen molar-refractivity contribution in [1.29, 1.82) is 0 Å². The van der Waals surface area contributed by atoms with Gasteiger partial charge in [0.1, 0.15) is 12.2 Å². The molecule has 0 amide bonds. The van der Waals surface area contributed by atoms with Crippen molar-refractivity contribution in [2.45, 2.75) is 149 Å². The number of carbonyl (C=O) groups excluding carboxylic acids is 1. The molecule has 0 radical (unpaired) electrons. The van der Waals surface area contributed by atoms with Crippen LogP contribution in [0.2, 0.25) is 0 Å². The van der Waals surface area contributed by atoms with Gasteiger partial charge in [-0.05, 0) is 104 Å². The first-order valence-corrected chi connectivity index (χ1v) is 17.8. The third kappa shape index (κ3) is 4.40. The molecule has 1 heterocycles. The minimum Gasteiger partial charge on any atom is -0.432 e. The molecule has 0 aromatic rings. The highest BCUT2D eigenvalue weighted by atomic mass is 16.7. The molecular formula is C37H60O8. The molecular weight excluding hydrogens is 572 g/mol. The number of aliphatic hydroxyl groups is 5. The van der Waals surface area contributed by atoms with Crippen LogP contribution in [0, 0.1) is 56.7 Å². The normalized spacial score (nSPS) is 55.7. The van der Waals surface area contributed by atoms with Gasteiger partial charge in [0.15, 0.2) is 0 Å². The number of carbonyl (C=O) groups is 1. The van der Waals surface area contributed by atoms with E-state index in [-0.39, 0.29) is 33.7 Å². The second-order valence-electron chi connectivity index (χ2n) is 17.9. The fourth-order valence-corrected chi connectivity index (χ4v) is 12.4. The molecule has 1 aliphatic heterocycles. The average molecular weight is 633 g/mol. The Morgan fingerprint density at radius 1 is 0.911 bits per heavy atom. The highest BCUT2D eigenvalue weighted by Crippen LogP contribution is 2.76. The molecule has 45 heavy (non-hydrogen) atoms. The third-order valence-corrected chi connectivity index (χ3v) is 15.9. The first-order valence-electron chi connectivity index (χ1n) is 17.8. The average Bonchev–Trinajstić information content (AvgIpc) is 2.97. The van der Waals surface area contributed by atoms with Crippen molar-refractivity contribution in [3.05, 3.63) is 11.6 Å². The highest BCUT2D eigenvalue weighted by Gasteiger charge is 2.71. The second kappa shape index (κ2) is 10.7. The standard InChI is InChI=1S/C37H60O8/c1-20-11-16-37(31(42)45-30-28(41)21(2)27(40)23(19-38)44-30)18-17-34(6)22(29(37)36(20,8)43)9-10-25-33(5)14-13-26(39)32(3,4)24(33)12-15-35(25,34)7/h9,20-21,23-30,38-41,43H,10-19H2,1-8H3. The van der Waals surface area contributed by atoms with E-state index in [1.807, 2.05) is 6.92 Å². The van der Waals surface area contributed by atoms with Crippen molar-refractivity contribution in [3.63, 3.8) is 0 Å². The predicted molar refractivity (Wildman–Crippen MR) is 169 cm³/mol. The lowest BCUT2D eigenvalue weighted by Gasteiger charge is -2.71. The van der Waals surface area contributed by atoms with Crippen molar-refractivity contribution in [2.24, 2.45) is 56.7 Å². The maximum absolute atomic E-state index is 14.5.